The minimum Gasteiger partial charge on any atom is -0.469 e. The van der Waals surface area contributed by atoms with Crippen LogP contribution in [-0.4, -0.2) is 30.5 Å². The molecule has 0 atom stereocenters. The molecule has 0 unspecified atom stereocenters. The number of H-pyrrole nitrogens is 1. The van der Waals surface area contributed by atoms with Crippen molar-refractivity contribution >= 4 is 11.9 Å². The molecule has 0 radical (unpaired) electrons. The number of hydrogen-bond donors (Lipinski definition) is 2. The molecule has 0 aliphatic rings. The summed E-state index contributed by atoms with van der Waals surface area (Å²) in [6.45, 7) is 0.139. The van der Waals surface area contributed by atoms with Crippen LogP contribution in [0.2, 0.25) is 0 Å². The molecular weight excluding hydrogens is 212 g/mol. The van der Waals surface area contributed by atoms with Gasteiger partial charge in [-0.05, 0) is 0 Å². The highest BCUT2D eigenvalue weighted by atomic mass is 16.5. The van der Waals surface area contributed by atoms with Gasteiger partial charge in [-0.15, -0.1) is 0 Å². The first-order valence-corrected chi connectivity index (χ1v) is 4.67. The summed E-state index contributed by atoms with van der Waals surface area (Å²) in [6.07, 6.45) is 2.83. The highest BCUT2D eigenvalue weighted by Gasteiger charge is 2.09. The quantitative estimate of drug-likeness (QED) is 0.685. The summed E-state index contributed by atoms with van der Waals surface area (Å²) in [6, 6.07) is 1.26. The molecule has 0 aromatic carbocycles. The van der Waals surface area contributed by atoms with Gasteiger partial charge in [0.15, 0.2) is 5.43 Å². The lowest BCUT2D eigenvalue weighted by atomic mass is 10.2. The van der Waals surface area contributed by atoms with E-state index in [9.17, 15) is 14.4 Å². The van der Waals surface area contributed by atoms with Crippen molar-refractivity contribution in [3.8, 4) is 0 Å². The maximum atomic E-state index is 11.5. The lowest BCUT2D eigenvalue weighted by Crippen LogP contribution is -2.30. The van der Waals surface area contributed by atoms with E-state index in [-0.39, 0.29) is 24.0 Å². The number of ether oxygens (including phenoxy) is 1. The van der Waals surface area contributed by atoms with Crippen LogP contribution in [0.15, 0.2) is 23.3 Å². The summed E-state index contributed by atoms with van der Waals surface area (Å²) in [5, 5.41) is 2.45. The van der Waals surface area contributed by atoms with Crippen LogP contribution < -0.4 is 10.7 Å². The Morgan fingerprint density at radius 3 is 2.88 bits per heavy atom. The van der Waals surface area contributed by atoms with Gasteiger partial charge in [-0.3, -0.25) is 14.4 Å². The van der Waals surface area contributed by atoms with Crippen LogP contribution in [0.1, 0.15) is 16.8 Å². The van der Waals surface area contributed by atoms with Crippen molar-refractivity contribution < 1.29 is 14.3 Å². The summed E-state index contributed by atoms with van der Waals surface area (Å²) in [5.74, 6) is -0.923. The first-order chi connectivity index (χ1) is 7.65. The number of esters is 1. The molecule has 0 saturated heterocycles. The molecule has 1 rings (SSSR count). The van der Waals surface area contributed by atoms with Crippen LogP contribution in [0.3, 0.4) is 0 Å². The minimum atomic E-state index is -0.509. The predicted octanol–water partition coefficient (Wildman–Crippen LogP) is -0.332. The van der Waals surface area contributed by atoms with Gasteiger partial charge in [0.25, 0.3) is 5.91 Å². The van der Waals surface area contributed by atoms with Gasteiger partial charge in [0.05, 0.1) is 13.5 Å². The average Bonchev–Trinajstić information content (AvgIpc) is 2.29. The number of amides is 1. The van der Waals surface area contributed by atoms with Gasteiger partial charge in [0.1, 0.15) is 5.56 Å². The van der Waals surface area contributed by atoms with Crippen molar-refractivity contribution in [3.63, 3.8) is 0 Å². The van der Waals surface area contributed by atoms with Crippen LogP contribution in [0.5, 0.6) is 0 Å². The Morgan fingerprint density at radius 1 is 1.50 bits per heavy atom. The van der Waals surface area contributed by atoms with Gasteiger partial charge in [-0.2, -0.15) is 0 Å². The molecule has 1 aromatic rings. The smallest absolute Gasteiger partial charge is 0.307 e. The third kappa shape index (κ3) is 3.23. The summed E-state index contributed by atoms with van der Waals surface area (Å²) in [5.41, 5.74) is -0.346. The Hall–Kier alpha value is -2.11. The van der Waals surface area contributed by atoms with Gasteiger partial charge in [0.2, 0.25) is 0 Å². The highest BCUT2D eigenvalue weighted by molar-refractivity contribution is 5.93. The molecular formula is C10H12N2O4. The fourth-order valence-corrected chi connectivity index (χ4v) is 1.07. The lowest BCUT2D eigenvalue weighted by molar-refractivity contribution is -0.140. The van der Waals surface area contributed by atoms with Gasteiger partial charge >= 0.3 is 5.97 Å². The summed E-state index contributed by atoms with van der Waals surface area (Å²) in [4.78, 5) is 36.1. The molecule has 0 spiro atoms. The van der Waals surface area contributed by atoms with E-state index >= 15 is 0 Å². The molecule has 16 heavy (non-hydrogen) atoms. The Morgan fingerprint density at radius 2 is 2.25 bits per heavy atom. The van der Waals surface area contributed by atoms with Crippen molar-refractivity contribution in [3.05, 3.63) is 34.2 Å². The van der Waals surface area contributed by atoms with Gasteiger partial charge < -0.3 is 15.0 Å². The number of hydrogen-bond acceptors (Lipinski definition) is 4. The first-order valence-electron chi connectivity index (χ1n) is 4.67. The molecule has 6 nitrogen and oxygen atoms in total. The summed E-state index contributed by atoms with van der Waals surface area (Å²) < 4.78 is 4.40. The molecule has 1 heterocycles. The third-order valence-corrected chi connectivity index (χ3v) is 1.91. The van der Waals surface area contributed by atoms with E-state index in [2.05, 4.69) is 15.0 Å². The largest absolute Gasteiger partial charge is 0.469 e. The van der Waals surface area contributed by atoms with Crippen LogP contribution in [0.4, 0.5) is 0 Å². The Balaban J connectivity index is 2.51. The van der Waals surface area contributed by atoms with E-state index in [0.717, 1.165) is 0 Å². The van der Waals surface area contributed by atoms with Crippen molar-refractivity contribution in [2.75, 3.05) is 13.7 Å². The molecule has 0 bridgehead atoms. The maximum absolute atomic E-state index is 11.5. The number of pyridine rings is 1. The molecule has 2 N–H and O–H groups in total. The molecule has 0 aliphatic heterocycles. The second-order valence-corrected chi connectivity index (χ2v) is 3.00. The summed E-state index contributed by atoms with van der Waals surface area (Å²) in [7, 11) is 1.27. The van der Waals surface area contributed by atoms with Crippen LogP contribution in [0, 0.1) is 0 Å². The van der Waals surface area contributed by atoms with Crippen LogP contribution >= 0.6 is 0 Å². The van der Waals surface area contributed by atoms with Gasteiger partial charge in [-0.25, -0.2) is 0 Å². The second-order valence-electron chi connectivity index (χ2n) is 3.00. The predicted molar refractivity (Wildman–Crippen MR) is 56.0 cm³/mol. The number of methoxy groups -OCH3 is 1. The van der Waals surface area contributed by atoms with Crippen LogP contribution in [0.25, 0.3) is 0 Å². The van der Waals surface area contributed by atoms with E-state index in [1.807, 2.05) is 0 Å². The topological polar surface area (TPSA) is 88.3 Å². The number of carbonyl (C=O) groups is 2. The second kappa shape index (κ2) is 5.69. The normalized spacial score (nSPS) is 9.56. The average molecular weight is 224 g/mol. The van der Waals surface area contributed by atoms with Gasteiger partial charge in [0, 0.05) is 25.0 Å². The molecule has 86 valence electrons. The van der Waals surface area contributed by atoms with Crippen molar-refractivity contribution in [1.29, 1.82) is 0 Å². The molecule has 0 aliphatic carbocycles. The SMILES string of the molecule is COC(=O)CCNC(=O)c1c[nH]ccc1=O. The zero-order valence-corrected chi connectivity index (χ0v) is 8.78. The molecule has 1 aromatic heterocycles. The Labute approximate surface area is 91.6 Å². The number of carbonyl (C=O) groups excluding carboxylic acids is 2. The number of aromatic amines is 1. The fraction of sp³-hybridized carbons (Fsp3) is 0.300. The van der Waals surface area contributed by atoms with Gasteiger partial charge in [-0.1, -0.05) is 0 Å². The molecule has 1 amide bonds. The van der Waals surface area contributed by atoms with E-state index in [0.29, 0.717) is 0 Å². The molecule has 0 saturated carbocycles. The van der Waals surface area contributed by atoms with Crippen molar-refractivity contribution in [1.82, 2.24) is 10.3 Å². The highest BCUT2D eigenvalue weighted by Crippen LogP contribution is 1.89. The Kier molecular flexibility index (Phi) is 4.26. The van der Waals surface area contributed by atoms with Crippen LogP contribution in [-0.2, 0) is 9.53 Å². The van der Waals surface area contributed by atoms with Crippen molar-refractivity contribution in [2.45, 2.75) is 6.42 Å². The molecule has 0 fully saturated rings. The number of nitrogens with one attached hydrogen (secondary N) is 2. The maximum Gasteiger partial charge on any atom is 0.307 e. The van der Waals surface area contributed by atoms with E-state index in [1.165, 1.54) is 25.6 Å². The third-order valence-electron chi connectivity index (χ3n) is 1.91. The van der Waals surface area contributed by atoms with E-state index in [1.54, 1.807) is 0 Å². The zero-order valence-electron chi connectivity index (χ0n) is 8.78. The molecule has 6 heteroatoms. The Bertz CT molecular complexity index is 438. The zero-order chi connectivity index (χ0) is 12.0. The first kappa shape index (κ1) is 12.0. The minimum absolute atomic E-state index is 0.0207. The van der Waals surface area contributed by atoms with E-state index in [4.69, 9.17) is 0 Å². The summed E-state index contributed by atoms with van der Waals surface area (Å²) >= 11 is 0. The monoisotopic (exact) mass is 224 g/mol. The van der Waals surface area contributed by atoms with E-state index < -0.39 is 11.9 Å². The fourth-order valence-electron chi connectivity index (χ4n) is 1.07. The lowest BCUT2D eigenvalue weighted by Gasteiger charge is -2.03. The van der Waals surface area contributed by atoms with Crippen molar-refractivity contribution in [2.24, 2.45) is 0 Å². The standard InChI is InChI=1S/C10H12N2O4/c1-16-9(14)3-5-12-10(15)7-6-11-4-2-8(7)13/h2,4,6H,3,5H2,1H3,(H,11,13)(H,12,15). The number of aromatic nitrogens is 1. The number of rotatable bonds is 4.